The van der Waals surface area contributed by atoms with Crippen molar-refractivity contribution in [2.45, 2.75) is 38.3 Å². The van der Waals surface area contributed by atoms with E-state index in [9.17, 15) is 18.0 Å². The summed E-state index contributed by atoms with van der Waals surface area (Å²) in [5, 5.41) is 11.3. The summed E-state index contributed by atoms with van der Waals surface area (Å²) in [6.07, 6.45) is -3.72. The standard InChI is InChI=1S/C13H12F3N3O/c14-13(15,16)5-4-11(20)19-12-9(7-17)6-8-2-1-3-10(8)18-12/h6H,1-5H2,(H,18,19,20). The number of aryl methyl sites for hydroxylation is 2. The highest BCUT2D eigenvalue weighted by atomic mass is 19.4. The molecule has 0 atom stereocenters. The second kappa shape index (κ2) is 5.49. The molecule has 0 radical (unpaired) electrons. The summed E-state index contributed by atoms with van der Waals surface area (Å²) in [6, 6.07) is 3.55. The molecule has 1 aromatic rings. The number of aromatic nitrogens is 1. The van der Waals surface area contributed by atoms with E-state index >= 15 is 0 Å². The predicted molar refractivity (Wildman–Crippen MR) is 64.9 cm³/mol. The van der Waals surface area contributed by atoms with Crippen molar-refractivity contribution >= 4 is 11.7 Å². The van der Waals surface area contributed by atoms with Crippen LogP contribution in [-0.4, -0.2) is 17.1 Å². The molecule has 1 aliphatic carbocycles. The number of alkyl halides is 3. The monoisotopic (exact) mass is 283 g/mol. The number of amides is 1. The molecule has 1 heterocycles. The Morgan fingerprint density at radius 1 is 1.45 bits per heavy atom. The Labute approximate surface area is 113 Å². The molecule has 1 amide bonds. The average molecular weight is 283 g/mol. The highest BCUT2D eigenvalue weighted by Crippen LogP contribution is 2.26. The van der Waals surface area contributed by atoms with Crippen LogP contribution in [0, 0.1) is 11.3 Å². The summed E-state index contributed by atoms with van der Waals surface area (Å²) in [5.74, 6) is -0.732. The van der Waals surface area contributed by atoms with Crippen LogP contribution in [0.15, 0.2) is 6.07 Å². The van der Waals surface area contributed by atoms with E-state index in [-0.39, 0.29) is 11.4 Å². The molecule has 1 aromatic heterocycles. The van der Waals surface area contributed by atoms with E-state index in [0.29, 0.717) is 0 Å². The van der Waals surface area contributed by atoms with Gasteiger partial charge in [0.1, 0.15) is 6.07 Å². The zero-order valence-electron chi connectivity index (χ0n) is 10.5. The fraction of sp³-hybridized carbons (Fsp3) is 0.462. The zero-order chi connectivity index (χ0) is 14.8. The Balaban J connectivity index is 2.09. The highest BCUT2D eigenvalue weighted by Gasteiger charge is 2.28. The molecule has 20 heavy (non-hydrogen) atoms. The van der Waals surface area contributed by atoms with Gasteiger partial charge < -0.3 is 5.32 Å². The van der Waals surface area contributed by atoms with Crippen LogP contribution in [-0.2, 0) is 17.6 Å². The van der Waals surface area contributed by atoms with Crippen LogP contribution in [0.3, 0.4) is 0 Å². The lowest BCUT2D eigenvalue weighted by Crippen LogP contribution is -2.18. The van der Waals surface area contributed by atoms with Crippen LogP contribution in [0.5, 0.6) is 0 Å². The van der Waals surface area contributed by atoms with E-state index in [1.165, 1.54) is 0 Å². The minimum atomic E-state index is -4.37. The molecule has 106 valence electrons. The van der Waals surface area contributed by atoms with Gasteiger partial charge in [-0.25, -0.2) is 4.98 Å². The van der Waals surface area contributed by atoms with Crippen molar-refractivity contribution in [2.24, 2.45) is 0 Å². The van der Waals surface area contributed by atoms with Gasteiger partial charge in [0.05, 0.1) is 12.0 Å². The van der Waals surface area contributed by atoms with Gasteiger partial charge in [0.2, 0.25) is 5.91 Å². The minimum Gasteiger partial charge on any atom is -0.310 e. The van der Waals surface area contributed by atoms with Crippen molar-refractivity contribution in [3.05, 3.63) is 22.9 Å². The first-order chi connectivity index (χ1) is 9.39. The molecule has 4 nitrogen and oxygen atoms in total. The number of nitriles is 1. The Morgan fingerprint density at radius 3 is 2.85 bits per heavy atom. The maximum Gasteiger partial charge on any atom is 0.389 e. The molecular weight excluding hydrogens is 271 g/mol. The van der Waals surface area contributed by atoms with Gasteiger partial charge in [0.25, 0.3) is 0 Å². The van der Waals surface area contributed by atoms with Crippen molar-refractivity contribution in [2.75, 3.05) is 5.32 Å². The summed E-state index contributed by atoms with van der Waals surface area (Å²) in [7, 11) is 0. The van der Waals surface area contributed by atoms with Crippen LogP contribution < -0.4 is 5.32 Å². The molecule has 0 saturated carbocycles. The molecule has 1 aliphatic rings. The number of hydrogen-bond donors (Lipinski definition) is 1. The summed E-state index contributed by atoms with van der Waals surface area (Å²) < 4.78 is 36.1. The number of anilines is 1. The van der Waals surface area contributed by atoms with E-state index in [0.717, 1.165) is 30.5 Å². The summed E-state index contributed by atoms with van der Waals surface area (Å²) >= 11 is 0. The first kappa shape index (κ1) is 14.3. The smallest absolute Gasteiger partial charge is 0.310 e. The van der Waals surface area contributed by atoms with E-state index in [1.807, 2.05) is 6.07 Å². The summed E-state index contributed by atoms with van der Waals surface area (Å²) in [5.41, 5.74) is 1.95. The third-order valence-corrected chi connectivity index (χ3v) is 3.06. The molecule has 0 aliphatic heterocycles. The van der Waals surface area contributed by atoms with E-state index in [1.54, 1.807) is 6.07 Å². The summed E-state index contributed by atoms with van der Waals surface area (Å²) in [6.45, 7) is 0. The third kappa shape index (κ3) is 3.47. The van der Waals surface area contributed by atoms with Gasteiger partial charge in [0.15, 0.2) is 5.82 Å². The van der Waals surface area contributed by atoms with Crippen LogP contribution in [0.1, 0.15) is 36.1 Å². The molecule has 0 spiro atoms. The maximum absolute atomic E-state index is 12.0. The number of hydrogen-bond acceptors (Lipinski definition) is 3. The SMILES string of the molecule is N#Cc1cc2c(nc1NC(=O)CCC(F)(F)F)CCC2. The number of carbonyl (C=O) groups is 1. The zero-order valence-corrected chi connectivity index (χ0v) is 10.5. The van der Waals surface area contributed by atoms with Crippen molar-refractivity contribution in [3.63, 3.8) is 0 Å². The fourth-order valence-electron chi connectivity index (χ4n) is 2.10. The lowest BCUT2D eigenvalue weighted by molar-refractivity contribution is -0.142. The van der Waals surface area contributed by atoms with Crippen LogP contribution in [0.2, 0.25) is 0 Å². The number of halogens is 3. The van der Waals surface area contributed by atoms with Crippen LogP contribution in [0.25, 0.3) is 0 Å². The van der Waals surface area contributed by atoms with Gasteiger partial charge in [-0.3, -0.25) is 4.79 Å². The Morgan fingerprint density at radius 2 is 2.20 bits per heavy atom. The van der Waals surface area contributed by atoms with Crippen molar-refractivity contribution in [1.82, 2.24) is 4.98 Å². The van der Waals surface area contributed by atoms with Crippen molar-refractivity contribution < 1.29 is 18.0 Å². The van der Waals surface area contributed by atoms with Crippen LogP contribution in [0.4, 0.5) is 19.0 Å². The van der Waals surface area contributed by atoms with Crippen LogP contribution >= 0.6 is 0 Å². The van der Waals surface area contributed by atoms with Gasteiger partial charge in [-0.15, -0.1) is 0 Å². The molecule has 0 fully saturated rings. The molecular formula is C13H12F3N3O. The van der Waals surface area contributed by atoms with E-state index in [2.05, 4.69) is 10.3 Å². The van der Waals surface area contributed by atoms with Crippen molar-refractivity contribution in [1.29, 1.82) is 5.26 Å². The van der Waals surface area contributed by atoms with Gasteiger partial charge in [-0.1, -0.05) is 0 Å². The largest absolute Gasteiger partial charge is 0.389 e. The quantitative estimate of drug-likeness (QED) is 0.927. The lowest BCUT2D eigenvalue weighted by atomic mass is 10.1. The molecule has 0 unspecified atom stereocenters. The first-order valence-corrected chi connectivity index (χ1v) is 6.18. The summed E-state index contributed by atoms with van der Waals surface area (Å²) in [4.78, 5) is 15.6. The normalized spacial score (nSPS) is 13.7. The maximum atomic E-state index is 12.0. The Bertz CT molecular complexity index is 575. The Kier molecular flexibility index (Phi) is 3.93. The molecule has 1 N–H and O–H groups in total. The number of rotatable bonds is 3. The minimum absolute atomic E-state index is 0.0559. The Hall–Kier alpha value is -2.10. The molecule has 7 heteroatoms. The molecule has 0 bridgehead atoms. The molecule has 0 aromatic carbocycles. The number of fused-ring (bicyclic) bond motifs is 1. The van der Waals surface area contributed by atoms with E-state index < -0.39 is 24.9 Å². The second-order valence-corrected chi connectivity index (χ2v) is 4.62. The first-order valence-electron chi connectivity index (χ1n) is 6.18. The van der Waals surface area contributed by atoms with Gasteiger partial charge in [-0.2, -0.15) is 18.4 Å². The average Bonchev–Trinajstić information content (AvgIpc) is 2.81. The van der Waals surface area contributed by atoms with Gasteiger partial charge in [0, 0.05) is 12.1 Å². The highest BCUT2D eigenvalue weighted by molar-refractivity contribution is 5.91. The fourth-order valence-corrected chi connectivity index (χ4v) is 2.10. The van der Waals surface area contributed by atoms with E-state index in [4.69, 9.17) is 5.26 Å². The number of nitrogens with one attached hydrogen (secondary N) is 1. The van der Waals surface area contributed by atoms with Gasteiger partial charge in [-0.05, 0) is 30.9 Å². The van der Waals surface area contributed by atoms with Crippen molar-refractivity contribution in [3.8, 4) is 6.07 Å². The number of nitrogens with zero attached hydrogens (tertiary/aromatic N) is 2. The second-order valence-electron chi connectivity index (χ2n) is 4.62. The third-order valence-electron chi connectivity index (χ3n) is 3.06. The lowest BCUT2D eigenvalue weighted by Gasteiger charge is -2.09. The van der Waals surface area contributed by atoms with Gasteiger partial charge >= 0.3 is 6.18 Å². The molecule has 0 saturated heterocycles. The predicted octanol–water partition coefficient (Wildman–Crippen LogP) is 2.72. The number of carbonyl (C=O) groups excluding carboxylic acids is 1. The number of pyridine rings is 1. The topological polar surface area (TPSA) is 65.8 Å². The molecule has 2 rings (SSSR count).